The number of aromatic nitrogens is 4. The summed E-state index contributed by atoms with van der Waals surface area (Å²) in [6, 6.07) is 32.0. The van der Waals surface area contributed by atoms with E-state index in [1.807, 2.05) is 56.0 Å². The first kappa shape index (κ1) is 27.5. The molecule has 5 nitrogen and oxygen atoms in total. The Morgan fingerprint density at radius 3 is 2.48 bits per heavy atom. The molecule has 0 saturated carbocycles. The van der Waals surface area contributed by atoms with Gasteiger partial charge in [-0.3, -0.25) is 14.5 Å². The van der Waals surface area contributed by atoms with Crippen LogP contribution in [0.3, 0.4) is 0 Å². The van der Waals surface area contributed by atoms with Gasteiger partial charge in [0.05, 0.1) is 22.8 Å². The second kappa shape index (κ2) is 11.5. The molecule has 0 spiro atoms. The number of rotatable bonds is 6. The van der Waals surface area contributed by atoms with E-state index < -0.39 is 0 Å². The normalized spacial score (nSPS) is 14.8. The number of nitrogens with one attached hydrogen (secondary N) is 1. The molecule has 5 heterocycles. The molecule has 0 radical (unpaired) electrons. The van der Waals surface area contributed by atoms with Crippen molar-refractivity contribution in [1.29, 1.82) is 0 Å². The van der Waals surface area contributed by atoms with Crippen LogP contribution in [0, 0.1) is 0 Å². The summed E-state index contributed by atoms with van der Waals surface area (Å²) in [5.74, 6) is 0.820. The van der Waals surface area contributed by atoms with Crippen molar-refractivity contribution >= 4 is 56.0 Å². The van der Waals surface area contributed by atoms with Gasteiger partial charge in [0.2, 0.25) is 0 Å². The number of allylic oxidation sites excluding steroid dienone is 3. The lowest BCUT2D eigenvalue weighted by molar-refractivity contribution is 0.761. The first-order chi connectivity index (χ1) is 22.7. The quantitative estimate of drug-likeness (QED) is 0.195. The molecule has 1 N–H and O–H groups in total. The molecule has 5 heteroatoms. The van der Waals surface area contributed by atoms with Crippen LogP contribution >= 0.6 is 0 Å². The molecule has 0 fully saturated rings. The maximum absolute atomic E-state index is 4.98. The molecular formula is C41H31N5. The fourth-order valence-electron chi connectivity index (χ4n) is 6.52. The van der Waals surface area contributed by atoms with Crippen LogP contribution in [0.1, 0.15) is 40.9 Å². The van der Waals surface area contributed by atoms with Gasteiger partial charge in [-0.15, -0.1) is 0 Å². The maximum Gasteiger partial charge on any atom is 0.137 e. The number of hydrogen-bond acceptors (Lipinski definition) is 4. The van der Waals surface area contributed by atoms with Crippen LogP contribution in [0.25, 0.3) is 61.8 Å². The summed E-state index contributed by atoms with van der Waals surface area (Å²) in [5.41, 5.74) is 9.32. The van der Waals surface area contributed by atoms with Crippen LogP contribution in [-0.4, -0.2) is 19.5 Å². The Kier molecular flexibility index (Phi) is 6.84. The second-order valence-electron chi connectivity index (χ2n) is 11.4. The number of dihydropyridines is 1. The number of pyridine rings is 3. The van der Waals surface area contributed by atoms with E-state index in [2.05, 4.69) is 124 Å². The van der Waals surface area contributed by atoms with Crippen molar-refractivity contribution in [3.63, 3.8) is 0 Å². The van der Waals surface area contributed by atoms with Crippen molar-refractivity contribution in [2.24, 2.45) is 0 Å². The van der Waals surface area contributed by atoms with E-state index in [-0.39, 0.29) is 6.04 Å². The van der Waals surface area contributed by atoms with Gasteiger partial charge in [0.1, 0.15) is 5.82 Å². The van der Waals surface area contributed by atoms with E-state index in [0.717, 1.165) is 50.5 Å². The van der Waals surface area contributed by atoms with E-state index >= 15 is 0 Å². The largest absolute Gasteiger partial charge is 0.374 e. The maximum atomic E-state index is 4.98. The SMILES string of the molecule is C=Cc1c(/C=C\C)n(-c2ccc(C3=CC(c4ccc5c(ccc6ccccc65)c4)=CC(c4cccnc4)N3)cn2)c2cccnc12. The summed E-state index contributed by atoms with van der Waals surface area (Å²) in [7, 11) is 0. The molecule has 1 atom stereocenters. The Balaban J connectivity index is 1.22. The van der Waals surface area contributed by atoms with E-state index in [1.165, 1.54) is 27.1 Å². The smallest absolute Gasteiger partial charge is 0.137 e. The van der Waals surface area contributed by atoms with E-state index in [9.17, 15) is 0 Å². The summed E-state index contributed by atoms with van der Waals surface area (Å²) in [6.45, 7) is 6.08. The molecule has 1 aliphatic heterocycles. The van der Waals surface area contributed by atoms with Crippen LogP contribution in [0.5, 0.6) is 0 Å². The highest BCUT2D eigenvalue weighted by atomic mass is 15.1. The van der Waals surface area contributed by atoms with Crippen LogP contribution in [0.2, 0.25) is 0 Å². The fourth-order valence-corrected chi connectivity index (χ4v) is 6.52. The van der Waals surface area contributed by atoms with Crippen LogP contribution < -0.4 is 5.32 Å². The van der Waals surface area contributed by atoms with Gasteiger partial charge in [0.25, 0.3) is 0 Å². The van der Waals surface area contributed by atoms with Gasteiger partial charge in [-0.2, -0.15) is 0 Å². The highest BCUT2D eigenvalue weighted by Crippen LogP contribution is 2.35. The minimum atomic E-state index is -0.0495. The lowest BCUT2D eigenvalue weighted by atomic mass is 9.92. The standard InChI is InChI=1S/C41H31N5/c1-3-9-38-33(4-2)41-39(13-8-21-43-41)46(38)40-19-17-31(26-44-40)37-24-32(23-36(45-37)30-11-7-20-42-25-30)28-16-18-35-29(22-28)15-14-27-10-5-6-12-34(27)35/h3-26,36,45H,2H2,1H3/b9-3-. The Morgan fingerprint density at radius 2 is 1.65 bits per heavy atom. The Bertz CT molecular complexity index is 2360. The zero-order valence-electron chi connectivity index (χ0n) is 25.4. The molecule has 0 saturated heterocycles. The van der Waals surface area contributed by atoms with Crippen LogP contribution in [0.4, 0.5) is 0 Å². The van der Waals surface area contributed by atoms with E-state index in [4.69, 9.17) is 4.98 Å². The molecule has 3 aromatic carbocycles. The summed E-state index contributed by atoms with van der Waals surface area (Å²) in [5, 5.41) is 8.74. The molecule has 7 aromatic rings. The zero-order chi connectivity index (χ0) is 31.0. The summed E-state index contributed by atoms with van der Waals surface area (Å²) < 4.78 is 2.15. The number of nitrogens with zero attached hydrogens (tertiary/aromatic N) is 4. The minimum absolute atomic E-state index is 0.0495. The molecule has 46 heavy (non-hydrogen) atoms. The average Bonchev–Trinajstić information content (AvgIpc) is 3.44. The van der Waals surface area contributed by atoms with Gasteiger partial charge >= 0.3 is 0 Å². The van der Waals surface area contributed by atoms with Crippen molar-refractivity contribution in [2.75, 3.05) is 0 Å². The molecule has 0 aliphatic carbocycles. The van der Waals surface area contributed by atoms with Gasteiger partial charge in [-0.1, -0.05) is 73.3 Å². The third kappa shape index (κ3) is 4.70. The van der Waals surface area contributed by atoms with Gasteiger partial charge in [0, 0.05) is 41.6 Å². The Labute approximate surface area is 267 Å². The van der Waals surface area contributed by atoms with Crippen LogP contribution in [0.15, 0.2) is 141 Å². The van der Waals surface area contributed by atoms with E-state index in [0.29, 0.717) is 0 Å². The second-order valence-corrected chi connectivity index (χ2v) is 11.4. The molecule has 1 aliphatic rings. The fraction of sp³-hybridized carbons (Fsp3) is 0.0488. The van der Waals surface area contributed by atoms with E-state index in [1.54, 1.807) is 0 Å². The molecule has 220 valence electrons. The average molecular weight is 594 g/mol. The molecule has 1 unspecified atom stereocenters. The first-order valence-electron chi connectivity index (χ1n) is 15.4. The highest BCUT2D eigenvalue weighted by molar-refractivity contribution is 6.08. The van der Waals surface area contributed by atoms with Crippen molar-refractivity contribution in [3.8, 4) is 5.82 Å². The number of hydrogen-bond donors (Lipinski definition) is 1. The van der Waals surface area contributed by atoms with Crippen molar-refractivity contribution < 1.29 is 0 Å². The van der Waals surface area contributed by atoms with Gasteiger partial charge in [0.15, 0.2) is 0 Å². The predicted octanol–water partition coefficient (Wildman–Crippen LogP) is 9.57. The molecule has 0 bridgehead atoms. The molecule has 4 aromatic heterocycles. The Hall–Kier alpha value is -6.07. The topological polar surface area (TPSA) is 55.6 Å². The van der Waals surface area contributed by atoms with Crippen molar-refractivity contribution in [2.45, 2.75) is 13.0 Å². The van der Waals surface area contributed by atoms with Crippen molar-refractivity contribution in [3.05, 3.63) is 169 Å². The number of benzene rings is 3. The summed E-state index contributed by atoms with van der Waals surface area (Å²) in [6.07, 6.45) is 18.0. The first-order valence-corrected chi connectivity index (χ1v) is 15.4. The van der Waals surface area contributed by atoms with Crippen LogP contribution in [-0.2, 0) is 0 Å². The minimum Gasteiger partial charge on any atom is -0.374 e. The van der Waals surface area contributed by atoms with Crippen molar-refractivity contribution in [1.82, 2.24) is 24.8 Å². The Morgan fingerprint density at radius 1 is 0.804 bits per heavy atom. The third-order valence-electron chi connectivity index (χ3n) is 8.69. The monoisotopic (exact) mass is 593 g/mol. The summed E-state index contributed by atoms with van der Waals surface area (Å²) in [4.78, 5) is 14.0. The highest BCUT2D eigenvalue weighted by Gasteiger charge is 2.20. The molecular weight excluding hydrogens is 562 g/mol. The van der Waals surface area contributed by atoms with Gasteiger partial charge in [-0.25, -0.2) is 4.98 Å². The number of fused-ring (bicyclic) bond motifs is 4. The predicted molar refractivity (Wildman–Crippen MR) is 191 cm³/mol. The lowest BCUT2D eigenvalue weighted by Crippen LogP contribution is -2.22. The third-order valence-corrected chi connectivity index (χ3v) is 8.69. The lowest BCUT2D eigenvalue weighted by Gasteiger charge is -2.25. The van der Waals surface area contributed by atoms with Gasteiger partial charge in [-0.05, 0) is 99.8 Å². The molecule has 8 rings (SSSR count). The van der Waals surface area contributed by atoms with Gasteiger partial charge < -0.3 is 5.32 Å². The zero-order valence-corrected chi connectivity index (χ0v) is 25.4. The summed E-state index contributed by atoms with van der Waals surface area (Å²) >= 11 is 0. The molecule has 0 amide bonds.